The molecule has 2 heterocycles. The van der Waals surface area contributed by atoms with Gasteiger partial charge >= 0.3 is 5.88 Å². The molecule has 0 radical (unpaired) electrons. The Kier molecular flexibility index (Phi) is 5.28. The van der Waals surface area contributed by atoms with E-state index in [1.54, 1.807) is 12.1 Å². The molecular formula is C16H8Cl3NO7S. The van der Waals surface area contributed by atoms with Crippen LogP contribution in [0.1, 0.15) is 11.5 Å². The molecule has 28 heavy (non-hydrogen) atoms. The van der Waals surface area contributed by atoms with Crippen LogP contribution in [-0.2, 0) is 9.84 Å². The topological polar surface area (TPSA) is 121 Å². The molecule has 0 amide bonds. The SMILES string of the molecule is O=c1cc(/C=C(\c2ccc([N+](=O)[O-])o2)S(=O)(=O)C(Cl)(Cl)Cl)oc2ccccc12. The summed E-state index contributed by atoms with van der Waals surface area (Å²) in [7, 11) is -4.69. The summed E-state index contributed by atoms with van der Waals surface area (Å²) in [5, 5.41) is 11.1. The minimum atomic E-state index is -4.69. The van der Waals surface area contributed by atoms with Gasteiger partial charge in [-0.3, -0.25) is 14.9 Å². The first kappa shape index (κ1) is 20.4. The second kappa shape index (κ2) is 7.25. The number of hydrogen-bond donors (Lipinski definition) is 0. The predicted octanol–water partition coefficient (Wildman–Crippen LogP) is 4.53. The van der Waals surface area contributed by atoms with E-state index in [0.29, 0.717) is 0 Å². The molecule has 8 nitrogen and oxygen atoms in total. The van der Waals surface area contributed by atoms with E-state index in [1.165, 1.54) is 12.1 Å². The third-order valence-corrected chi connectivity index (χ3v) is 6.87. The summed E-state index contributed by atoms with van der Waals surface area (Å²) in [5.74, 6) is -1.37. The highest BCUT2D eigenvalue weighted by atomic mass is 35.6. The normalized spacial score (nSPS) is 13.0. The lowest BCUT2D eigenvalue weighted by atomic mass is 10.2. The van der Waals surface area contributed by atoms with Crippen LogP contribution in [0.2, 0.25) is 0 Å². The molecule has 0 aliphatic carbocycles. The average molecular weight is 465 g/mol. The van der Waals surface area contributed by atoms with Crippen molar-refractivity contribution in [2.24, 2.45) is 0 Å². The molecule has 2 aromatic heterocycles. The highest BCUT2D eigenvalue weighted by Crippen LogP contribution is 2.42. The second-order valence-electron chi connectivity index (χ2n) is 5.36. The first-order chi connectivity index (χ1) is 13.0. The number of rotatable bonds is 4. The van der Waals surface area contributed by atoms with Gasteiger partial charge in [0.2, 0.25) is 9.84 Å². The summed E-state index contributed by atoms with van der Waals surface area (Å²) in [5.41, 5.74) is -0.249. The van der Waals surface area contributed by atoms with E-state index in [2.05, 4.69) is 0 Å². The molecular weight excluding hydrogens is 457 g/mol. The maximum atomic E-state index is 12.7. The standard InChI is InChI=1S/C16H8Cl3NO7S/c17-16(18,19)28(24,25)14(13-5-6-15(27-13)20(22)23)8-9-7-11(21)10-3-1-2-4-12(10)26-9/h1-8H/b14-8+. The Balaban J connectivity index is 2.27. The monoisotopic (exact) mass is 463 g/mol. The number of benzene rings is 1. The Morgan fingerprint density at radius 2 is 1.79 bits per heavy atom. The van der Waals surface area contributed by atoms with E-state index in [4.69, 9.17) is 43.6 Å². The van der Waals surface area contributed by atoms with Crippen molar-refractivity contribution in [3.05, 3.63) is 74.3 Å². The molecule has 146 valence electrons. The number of furan rings is 1. The van der Waals surface area contributed by atoms with Crippen LogP contribution in [0.25, 0.3) is 22.0 Å². The summed E-state index contributed by atoms with van der Waals surface area (Å²) in [6.07, 6.45) is 0.896. The lowest BCUT2D eigenvalue weighted by Gasteiger charge is -2.13. The first-order valence-corrected chi connectivity index (χ1v) is 9.93. The van der Waals surface area contributed by atoms with Gasteiger partial charge in [0.05, 0.1) is 11.5 Å². The molecule has 0 atom stereocenters. The molecule has 1 aromatic carbocycles. The van der Waals surface area contributed by atoms with Crippen LogP contribution < -0.4 is 5.43 Å². The van der Waals surface area contributed by atoms with Gasteiger partial charge in [-0.2, -0.15) is 0 Å². The lowest BCUT2D eigenvalue weighted by Crippen LogP contribution is -2.20. The minimum absolute atomic E-state index is 0.185. The molecule has 12 heteroatoms. The van der Waals surface area contributed by atoms with Crippen molar-refractivity contribution in [1.29, 1.82) is 0 Å². The first-order valence-electron chi connectivity index (χ1n) is 7.31. The van der Waals surface area contributed by atoms with Crippen molar-refractivity contribution in [1.82, 2.24) is 0 Å². The Labute approximate surface area is 172 Å². The molecule has 0 aliphatic rings. The van der Waals surface area contributed by atoms with Gasteiger partial charge in [0.1, 0.15) is 21.2 Å². The van der Waals surface area contributed by atoms with Crippen LogP contribution >= 0.6 is 34.8 Å². The van der Waals surface area contributed by atoms with E-state index in [1.807, 2.05) is 0 Å². The number of halogens is 3. The number of nitro groups is 1. The maximum absolute atomic E-state index is 12.7. The minimum Gasteiger partial charge on any atom is -0.456 e. The third kappa shape index (κ3) is 3.79. The van der Waals surface area contributed by atoms with Crippen molar-refractivity contribution >= 4 is 72.5 Å². The number of sulfone groups is 1. The van der Waals surface area contributed by atoms with E-state index < -0.39 is 39.9 Å². The van der Waals surface area contributed by atoms with Gasteiger partial charge in [-0.25, -0.2) is 8.42 Å². The number of fused-ring (bicyclic) bond motifs is 1. The van der Waals surface area contributed by atoms with Gasteiger partial charge < -0.3 is 8.83 Å². The Morgan fingerprint density at radius 1 is 1.11 bits per heavy atom. The van der Waals surface area contributed by atoms with Gasteiger partial charge in [-0.1, -0.05) is 46.9 Å². The average Bonchev–Trinajstić information content (AvgIpc) is 3.08. The highest BCUT2D eigenvalue weighted by molar-refractivity contribution is 8.05. The largest absolute Gasteiger partial charge is 0.456 e. The van der Waals surface area contributed by atoms with Crippen molar-refractivity contribution in [3.8, 4) is 0 Å². The zero-order valence-corrected chi connectivity index (χ0v) is 16.6. The smallest absolute Gasteiger partial charge is 0.433 e. The van der Waals surface area contributed by atoms with E-state index >= 15 is 0 Å². The highest BCUT2D eigenvalue weighted by Gasteiger charge is 2.43. The Hall–Kier alpha value is -2.33. The van der Waals surface area contributed by atoms with Crippen LogP contribution in [0.3, 0.4) is 0 Å². The molecule has 0 N–H and O–H groups in total. The summed E-state index contributed by atoms with van der Waals surface area (Å²) < 4.78 is 33.0. The molecule has 0 saturated carbocycles. The van der Waals surface area contributed by atoms with Crippen LogP contribution in [-0.4, -0.2) is 16.5 Å². The fourth-order valence-electron chi connectivity index (χ4n) is 2.29. The Bertz CT molecular complexity index is 1270. The van der Waals surface area contributed by atoms with Gasteiger partial charge in [0.25, 0.3) is 3.12 Å². The molecule has 3 aromatic rings. The van der Waals surface area contributed by atoms with E-state index in [0.717, 1.165) is 24.3 Å². The molecule has 0 unspecified atom stereocenters. The summed E-state index contributed by atoms with van der Waals surface area (Å²) in [6, 6.07) is 9.29. The number of nitrogens with zero attached hydrogens (tertiary/aromatic N) is 1. The molecule has 3 rings (SSSR count). The van der Waals surface area contributed by atoms with Gasteiger partial charge in [0.15, 0.2) is 11.2 Å². The fraction of sp³-hybridized carbons (Fsp3) is 0.0625. The summed E-state index contributed by atoms with van der Waals surface area (Å²) in [6.45, 7) is 0. The molecule has 0 fully saturated rings. The molecule has 0 saturated heterocycles. The predicted molar refractivity (Wildman–Crippen MR) is 105 cm³/mol. The zero-order valence-electron chi connectivity index (χ0n) is 13.5. The van der Waals surface area contributed by atoms with Crippen molar-refractivity contribution in [2.75, 3.05) is 0 Å². The zero-order chi connectivity index (χ0) is 20.7. The third-order valence-electron chi connectivity index (χ3n) is 3.54. The van der Waals surface area contributed by atoms with Crippen molar-refractivity contribution in [2.45, 2.75) is 3.12 Å². The van der Waals surface area contributed by atoms with Crippen LogP contribution in [0, 0.1) is 10.1 Å². The lowest BCUT2D eigenvalue weighted by molar-refractivity contribution is -0.402. The van der Waals surface area contributed by atoms with E-state index in [9.17, 15) is 23.3 Å². The summed E-state index contributed by atoms with van der Waals surface area (Å²) in [4.78, 5) is 21.5. The van der Waals surface area contributed by atoms with Crippen LogP contribution in [0.5, 0.6) is 0 Å². The molecule has 0 spiro atoms. The molecule has 0 bridgehead atoms. The van der Waals surface area contributed by atoms with Gasteiger partial charge in [0, 0.05) is 12.1 Å². The second-order valence-corrected chi connectivity index (χ2v) is 10.4. The van der Waals surface area contributed by atoms with Crippen LogP contribution in [0.15, 0.2) is 56.1 Å². The number of hydrogen-bond acceptors (Lipinski definition) is 7. The van der Waals surface area contributed by atoms with Gasteiger partial charge in [-0.15, -0.1) is 0 Å². The van der Waals surface area contributed by atoms with Crippen LogP contribution in [0.4, 0.5) is 5.88 Å². The fourth-order valence-corrected chi connectivity index (χ4v) is 3.93. The van der Waals surface area contributed by atoms with Crippen molar-refractivity contribution in [3.63, 3.8) is 0 Å². The Morgan fingerprint density at radius 3 is 2.39 bits per heavy atom. The maximum Gasteiger partial charge on any atom is 0.433 e. The number of para-hydroxylation sites is 1. The van der Waals surface area contributed by atoms with E-state index in [-0.39, 0.29) is 16.7 Å². The van der Waals surface area contributed by atoms with Gasteiger partial charge in [-0.05, 0) is 18.2 Å². The quantitative estimate of drug-likeness (QED) is 0.316. The summed E-state index contributed by atoms with van der Waals surface area (Å²) >= 11 is 16.7. The molecule has 0 aliphatic heterocycles. The van der Waals surface area contributed by atoms with Crippen molar-refractivity contribution < 1.29 is 22.2 Å². The number of alkyl halides is 3.